The molecule has 0 fully saturated rings. The summed E-state index contributed by atoms with van der Waals surface area (Å²) >= 11 is 0. The van der Waals surface area contributed by atoms with Crippen LogP contribution in [0, 0.1) is 11.6 Å². The predicted molar refractivity (Wildman–Crippen MR) is 75.9 cm³/mol. The highest BCUT2D eigenvalue weighted by Gasteiger charge is 2.14. The fourth-order valence-corrected chi connectivity index (χ4v) is 2.42. The standard InChI is InChI=1S/C16H14F2N2/c17-12-8-9-16(14(18)10-12)20-19-15-7-3-5-11-4-1-2-6-13(11)15/h1-2,4,6,8-10,20H,3,5,7H2. The number of hydrazone groups is 1. The quantitative estimate of drug-likeness (QED) is 0.817. The molecule has 2 aromatic rings. The molecule has 1 aliphatic rings. The fourth-order valence-electron chi connectivity index (χ4n) is 2.42. The Hall–Kier alpha value is -2.23. The maximum atomic E-state index is 13.5. The molecule has 2 nitrogen and oxygen atoms in total. The van der Waals surface area contributed by atoms with E-state index in [1.807, 2.05) is 18.2 Å². The summed E-state index contributed by atoms with van der Waals surface area (Å²) in [6.45, 7) is 0. The van der Waals surface area contributed by atoms with Gasteiger partial charge in [-0.3, -0.25) is 5.43 Å². The topological polar surface area (TPSA) is 24.4 Å². The zero-order chi connectivity index (χ0) is 13.9. The number of benzene rings is 2. The monoisotopic (exact) mass is 272 g/mol. The van der Waals surface area contributed by atoms with E-state index in [-0.39, 0.29) is 5.69 Å². The Kier molecular flexibility index (Phi) is 3.46. The van der Waals surface area contributed by atoms with E-state index in [0.717, 1.165) is 36.6 Å². The average molecular weight is 272 g/mol. The van der Waals surface area contributed by atoms with Crippen molar-refractivity contribution in [3.05, 3.63) is 65.2 Å². The first-order valence-corrected chi connectivity index (χ1v) is 6.60. The smallest absolute Gasteiger partial charge is 0.151 e. The van der Waals surface area contributed by atoms with Gasteiger partial charge in [0.15, 0.2) is 5.82 Å². The third-order valence-corrected chi connectivity index (χ3v) is 3.43. The third kappa shape index (κ3) is 2.54. The van der Waals surface area contributed by atoms with Gasteiger partial charge in [-0.15, -0.1) is 0 Å². The van der Waals surface area contributed by atoms with Crippen molar-refractivity contribution in [2.75, 3.05) is 5.43 Å². The maximum Gasteiger partial charge on any atom is 0.151 e. The van der Waals surface area contributed by atoms with E-state index in [1.54, 1.807) is 0 Å². The number of nitrogens with one attached hydrogen (secondary N) is 1. The van der Waals surface area contributed by atoms with Gasteiger partial charge in [-0.2, -0.15) is 5.10 Å². The number of aryl methyl sites for hydroxylation is 1. The molecule has 0 saturated heterocycles. The summed E-state index contributed by atoms with van der Waals surface area (Å²) in [5.74, 6) is -1.23. The number of rotatable bonds is 2. The van der Waals surface area contributed by atoms with Gasteiger partial charge in [-0.25, -0.2) is 8.78 Å². The Bertz CT molecular complexity index is 665. The predicted octanol–water partition coefficient (Wildman–Crippen LogP) is 4.12. The first-order valence-electron chi connectivity index (χ1n) is 6.60. The minimum absolute atomic E-state index is 0.182. The van der Waals surface area contributed by atoms with E-state index in [2.05, 4.69) is 16.6 Å². The average Bonchev–Trinajstić information content (AvgIpc) is 2.46. The van der Waals surface area contributed by atoms with Crippen LogP contribution in [0.4, 0.5) is 14.5 Å². The van der Waals surface area contributed by atoms with Gasteiger partial charge in [0, 0.05) is 11.6 Å². The van der Waals surface area contributed by atoms with Gasteiger partial charge >= 0.3 is 0 Å². The molecule has 0 aromatic heterocycles. The van der Waals surface area contributed by atoms with Gasteiger partial charge in [0.2, 0.25) is 0 Å². The molecule has 1 aliphatic carbocycles. The first-order chi connectivity index (χ1) is 9.74. The van der Waals surface area contributed by atoms with Crippen LogP contribution in [-0.4, -0.2) is 5.71 Å². The molecule has 1 N–H and O–H groups in total. The first kappa shape index (κ1) is 12.8. The summed E-state index contributed by atoms with van der Waals surface area (Å²) in [4.78, 5) is 0. The Morgan fingerprint density at radius 2 is 1.85 bits per heavy atom. The summed E-state index contributed by atoms with van der Waals surface area (Å²) in [6, 6.07) is 11.5. The van der Waals surface area contributed by atoms with Crippen LogP contribution in [0.15, 0.2) is 47.6 Å². The second kappa shape index (κ2) is 5.41. The molecule has 0 radical (unpaired) electrons. The van der Waals surface area contributed by atoms with Crippen molar-refractivity contribution in [3.8, 4) is 0 Å². The van der Waals surface area contributed by atoms with E-state index in [4.69, 9.17) is 0 Å². The molecule has 20 heavy (non-hydrogen) atoms. The van der Waals surface area contributed by atoms with E-state index < -0.39 is 11.6 Å². The molecule has 0 amide bonds. The minimum Gasteiger partial charge on any atom is -0.275 e. The largest absolute Gasteiger partial charge is 0.275 e. The fraction of sp³-hybridized carbons (Fsp3) is 0.188. The van der Waals surface area contributed by atoms with Crippen molar-refractivity contribution in [2.24, 2.45) is 5.10 Å². The number of hydrogen-bond donors (Lipinski definition) is 1. The molecule has 0 saturated carbocycles. The van der Waals surface area contributed by atoms with Crippen molar-refractivity contribution in [1.82, 2.24) is 0 Å². The molecule has 0 atom stereocenters. The molecule has 0 bridgehead atoms. The van der Waals surface area contributed by atoms with Crippen LogP contribution < -0.4 is 5.43 Å². The lowest BCUT2D eigenvalue weighted by Gasteiger charge is -2.17. The Morgan fingerprint density at radius 1 is 1.00 bits per heavy atom. The molecular weight excluding hydrogens is 258 g/mol. The molecule has 3 rings (SSSR count). The highest BCUT2D eigenvalue weighted by Crippen LogP contribution is 2.22. The maximum absolute atomic E-state index is 13.5. The van der Waals surface area contributed by atoms with Gasteiger partial charge < -0.3 is 0 Å². The lowest BCUT2D eigenvalue weighted by molar-refractivity contribution is 0.585. The number of fused-ring (bicyclic) bond motifs is 1. The van der Waals surface area contributed by atoms with Crippen LogP contribution in [0.5, 0.6) is 0 Å². The second-order valence-corrected chi connectivity index (χ2v) is 4.81. The Morgan fingerprint density at radius 3 is 2.70 bits per heavy atom. The second-order valence-electron chi connectivity index (χ2n) is 4.81. The summed E-state index contributed by atoms with van der Waals surface area (Å²) in [7, 11) is 0. The normalized spacial score (nSPS) is 16.0. The van der Waals surface area contributed by atoms with Crippen molar-refractivity contribution in [1.29, 1.82) is 0 Å². The SMILES string of the molecule is Fc1ccc(NN=C2CCCc3ccccc32)c(F)c1. The highest BCUT2D eigenvalue weighted by molar-refractivity contribution is 6.03. The Balaban J connectivity index is 1.87. The van der Waals surface area contributed by atoms with Gasteiger partial charge in [-0.05, 0) is 37.0 Å². The van der Waals surface area contributed by atoms with Crippen LogP contribution >= 0.6 is 0 Å². The zero-order valence-electron chi connectivity index (χ0n) is 10.9. The third-order valence-electron chi connectivity index (χ3n) is 3.43. The molecule has 102 valence electrons. The Labute approximate surface area is 116 Å². The summed E-state index contributed by atoms with van der Waals surface area (Å²) in [5, 5.41) is 4.29. The minimum atomic E-state index is -0.640. The van der Waals surface area contributed by atoms with Gasteiger partial charge in [0.25, 0.3) is 0 Å². The van der Waals surface area contributed by atoms with Crippen LogP contribution in [-0.2, 0) is 6.42 Å². The molecular formula is C16H14F2N2. The molecule has 0 unspecified atom stereocenters. The molecule has 0 heterocycles. The molecule has 0 aliphatic heterocycles. The van der Waals surface area contributed by atoms with Crippen LogP contribution in [0.2, 0.25) is 0 Å². The lowest BCUT2D eigenvalue weighted by Crippen LogP contribution is -2.13. The number of hydrogen-bond acceptors (Lipinski definition) is 2. The van der Waals surface area contributed by atoms with Crippen molar-refractivity contribution >= 4 is 11.4 Å². The van der Waals surface area contributed by atoms with E-state index in [0.29, 0.717) is 0 Å². The van der Waals surface area contributed by atoms with Crippen molar-refractivity contribution in [3.63, 3.8) is 0 Å². The zero-order valence-corrected chi connectivity index (χ0v) is 10.9. The van der Waals surface area contributed by atoms with E-state index in [1.165, 1.54) is 17.7 Å². The lowest BCUT2D eigenvalue weighted by atomic mass is 9.90. The van der Waals surface area contributed by atoms with Crippen molar-refractivity contribution < 1.29 is 8.78 Å². The molecule has 2 aromatic carbocycles. The number of anilines is 1. The summed E-state index contributed by atoms with van der Waals surface area (Å²) < 4.78 is 26.4. The van der Waals surface area contributed by atoms with Crippen LogP contribution in [0.1, 0.15) is 24.0 Å². The van der Waals surface area contributed by atoms with Gasteiger partial charge in [0.1, 0.15) is 5.82 Å². The van der Waals surface area contributed by atoms with Gasteiger partial charge in [-0.1, -0.05) is 24.3 Å². The van der Waals surface area contributed by atoms with E-state index in [9.17, 15) is 8.78 Å². The van der Waals surface area contributed by atoms with E-state index >= 15 is 0 Å². The molecule has 0 spiro atoms. The van der Waals surface area contributed by atoms with Crippen molar-refractivity contribution in [2.45, 2.75) is 19.3 Å². The van der Waals surface area contributed by atoms with Crippen LogP contribution in [0.25, 0.3) is 0 Å². The van der Waals surface area contributed by atoms with Crippen LogP contribution in [0.3, 0.4) is 0 Å². The van der Waals surface area contributed by atoms with Gasteiger partial charge in [0.05, 0.1) is 11.4 Å². The number of halogens is 2. The highest BCUT2D eigenvalue weighted by atomic mass is 19.1. The summed E-state index contributed by atoms with van der Waals surface area (Å²) in [5.41, 5.74) is 6.16. The number of nitrogens with zero attached hydrogens (tertiary/aromatic N) is 1. The molecule has 4 heteroatoms. The summed E-state index contributed by atoms with van der Waals surface area (Å²) in [6.07, 6.45) is 2.93.